The molecular weight excluding hydrogens is 221 g/mol. The highest BCUT2D eigenvalue weighted by molar-refractivity contribution is 6.03. The summed E-state index contributed by atoms with van der Waals surface area (Å²) in [5.41, 5.74) is 1.74. The van der Waals surface area contributed by atoms with Gasteiger partial charge in [0, 0.05) is 5.56 Å². The molecule has 0 saturated heterocycles. The Morgan fingerprint density at radius 3 is 2.76 bits per heavy atom. The van der Waals surface area contributed by atoms with Crippen LogP contribution in [0.15, 0.2) is 12.1 Å². The third kappa shape index (κ3) is 1.93. The molecule has 0 spiro atoms. The van der Waals surface area contributed by atoms with E-state index in [1.54, 1.807) is 0 Å². The first kappa shape index (κ1) is 12.0. The van der Waals surface area contributed by atoms with E-state index in [2.05, 4.69) is 5.32 Å². The number of anilines is 1. The predicted molar refractivity (Wildman–Crippen MR) is 63.3 cm³/mol. The average Bonchev–Trinajstić information content (AvgIpc) is 2.62. The van der Waals surface area contributed by atoms with Gasteiger partial charge in [0.1, 0.15) is 5.82 Å². The largest absolute Gasteiger partial charge is 0.388 e. The predicted octanol–water partition coefficient (Wildman–Crippen LogP) is 2.71. The fourth-order valence-electron chi connectivity index (χ4n) is 2.31. The Kier molecular flexibility index (Phi) is 3.15. The Bertz CT molecular complexity index is 459. The number of carbonyl (C=O) groups is 1. The highest BCUT2D eigenvalue weighted by atomic mass is 19.1. The molecule has 0 bridgehead atoms. The number of aliphatic hydroxyl groups excluding tert-OH is 1. The van der Waals surface area contributed by atoms with Crippen LogP contribution in [0.25, 0.3) is 0 Å². The van der Waals surface area contributed by atoms with E-state index in [1.807, 2.05) is 13.8 Å². The summed E-state index contributed by atoms with van der Waals surface area (Å²) in [6.07, 6.45) is 0.377. The van der Waals surface area contributed by atoms with Crippen molar-refractivity contribution in [2.75, 3.05) is 5.32 Å². The second-order valence-corrected chi connectivity index (χ2v) is 4.33. The lowest BCUT2D eigenvalue weighted by Crippen LogP contribution is -2.11. The number of rotatable bonds is 3. The van der Waals surface area contributed by atoms with Gasteiger partial charge >= 0.3 is 0 Å². The molecule has 1 aromatic rings. The summed E-state index contributed by atoms with van der Waals surface area (Å²) in [6.45, 7) is 3.70. The molecule has 2 rings (SSSR count). The lowest BCUT2D eigenvalue weighted by Gasteiger charge is -2.13. The molecule has 3 nitrogen and oxygen atoms in total. The van der Waals surface area contributed by atoms with Gasteiger partial charge in [0.25, 0.3) is 0 Å². The summed E-state index contributed by atoms with van der Waals surface area (Å²) < 4.78 is 13.5. The number of hydrogen-bond acceptors (Lipinski definition) is 2. The van der Waals surface area contributed by atoms with Crippen LogP contribution in [-0.2, 0) is 4.79 Å². The van der Waals surface area contributed by atoms with E-state index >= 15 is 0 Å². The van der Waals surface area contributed by atoms with Crippen molar-refractivity contribution in [1.82, 2.24) is 0 Å². The zero-order valence-corrected chi connectivity index (χ0v) is 9.96. The molecule has 0 aliphatic carbocycles. The molecule has 0 fully saturated rings. The lowest BCUT2D eigenvalue weighted by atomic mass is 9.94. The maximum absolute atomic E-state index is 13.5. The van der Waals surface area contributed by atoms with Gasteiger partial charge in [0.15, 0.2) is 0 Å². The molecule has 2 atom stereocenters. The van der Waals surface area contributed by atoms with E-state index in [0.29, 0.717) is 29.7 Å². The average molecular weight is 237 g/mol. The highest BCUT2D eigenvalue weighted by Crippen LogP contribution is 2.40. The third-order valence-corrected chi connectivity index (χ3v) is 3.26. The topological polar surface area (TPSA) is 49.3 Å². The third-order valence-electron chi connectivity index (χ3n) is 3.26. The van der Waals surface area contributed by atoms with Crippen LogP contribution in [-0.4, -0.2) is 11.0 Å². The van der Waals surface area contributed by atoms with E-state index < -0.39 is 11.9 Å². The van der Waals surface area contributed by atoms with Crippen molar-refractivity contribution in [2.24, 2.45) is 0 Å². The van der Waals surface area contributed by atoms with E-state index in [9.17, 15) is 14.3 Å². The first-order valence-corrected chi connectivity index (χ1v) is 5.90. The van der Waals surface area contributed by atoms with Crippen molar-refractivity contribution >= 4 is 11.6 Å². The molecule has 1 amide bonds. The number of aliphatic hydroxyl groups is 1. The van der Waals surface area contributed by atoms with Gasteiger partial charge < -0.3 is 10.4 Å². The van der Waals surface area contributed by atoms with E-state index in [4.69, 9.17) is 0 Å². The number of hydrogen-bond donors (Lipinski definition) is 2. The van der Waals surface area contributed by atoms with Crippen LogP contribution >= 0.6 is 0 Å². The first-order chi connectivity index (χ1) is 8.08. The molecule has 92 valence electrons. The number of carbonyl (C=O) groups excluding carboxylic acids is 1. The minimum absolute atomic E-state index is 0.113. The number of amides is 1. The summed E-state index contributed by atoms with van der Waals surface area (Å²) in [5.74, 6) is -0.817. The molecule has 2 N–H and O–H groups in total. The number of nitrogens with one attached hydrogen (secondary N) is 1. The smallest absolute Gasteiger partial charge is 0.232 e. The van der Waals surface area contributed by atoms with Crippen molar-refractivity contribution in [3.63, 3.8) is 0 Å². The van der Waals surface area contributed by atoms with Crippen LogP contribution in [0.3, 0.4) is 0 Å². The minimum atomic E-state index is -0.740. The van der Waals surface area contributed by atoms with Gasteiger partial charge in [-0.05, 0) is 30.5 Å². The monoisotopic (exact) mass is 237 g/mol. The summed E-state index contributed by atoms with van der Waals surface area (Å²) in [4.78, 5) is 11.7. The van der Waals surface area contributed by atoms with Crippen molar-refractivity contribution in [3.8, 4) is 0 Å². The summed E-state index contributed by atoms with van der Waals surface area (Å²) in [5, 5.41) is 12.6. The van der Waals surface area contributed by atoms with Gasteiger partial charge in [-0.15, -0.1) is 0 Å². The quantitative estimate of drug-likeness (QED) is 0.849. The molecule has 17 heavy (non-hydrogen) atoms. The standard InChI is InChI=1S/C13H16FNO2/c1-3-8-9-5-7(14)6-10(11(16)4-2)12(9)15-13(8)17/h5-6,8,11,16H,3-4H2,1-2H3,(H,15,17). The van der Waals surface area contributed by atoms with Gasteiger partial charge in [-0.2, -0.15) is 0 Å². The van der Waals surface area contributed by atoms with E-state index in [1.165, 1.54) is 12.1 Å². The first-order valence-electron chi connectivity index (χ1n) is 5.90. The van der Waals surface area contributed by atoms with Gasteiger partial charge in [-0.25, -0.2) is 4.39 Å². The zero-order valence-electron chi connectivity index (χ0n) is 9.96. The Morgan fingerprint density at radius 1 is 1.47 bits per heavy atom. The van der Waals surface area contributed by atoms with Gasteiger partial charge in [-0.1, -0.05) is 13.8 Å². The highest BCUT2D eigenvalue weighted by Gasteiger charge is 2.32. The number of halogens is 1. The molecule has 1 aromatic carbocycles. The van der Waals surface area contributed by atoms with Crippen molar-refractivity contribution in [2.45, 2.75) is 38.7 Å². The molecule has 4 heteroatoms. The van der Waals surface area contributed by atoms with Crippen molar-refractivity contribution in [1.29, 1.82) is 0 Å². The SMILES string of the molecule is CCC(O)c1cc(F)cc2c1NC(=O)C2CC. The van der Waals surface area contributed by atoms with Crippen LogP contribution in [0.4, 0.5) is 10.1 Å². The maximum Gasteiger partial charge on any atom is 0.232 e. The Morgan fingerprint density at radius 2 is 2.18 bits per heavy atom. The molecular formula is C13H16FNO2. The second-order valence-electron chi connectivity index (χ2n) is 4.33. The van der Waals surface area contributed by atoms with Crippen LogP contribution in [0.1, 0.15) is 49.8 Å². The van der Waals surface area contributed by atoms with Crippen LogP contribution in [0.2, 0.25) is 0 Å². The van der Waals surface area contributed by atoms with E-state index in [-0.39, 0.29) is 11.8 Å². The second kappa shape index (κ2) is 4.45. The molecule has 1 aliphatic rings. The number of benzene rings is 1. The zero-order chi connectivity index (χ0) is 12.6. The fourth-order valence-corrected chi connectivity index (χ4v) is 2.31. The van der Waals surface area contributed by atoms with E-state index in [0.717, 1.165) is 0 Å². The van der Waals surface area contributed by atoms with Crippen LogP contribution < -0.4 is 5.32 Å². The van der Waals surface area contributed by atoms with Gasteiger partial charge in [0.2, 0.25) is 5.91 Å². The van der Waals surface area contributed by atoms with Crippen LogP contribution in [0, 0.1) is 5.82 Å². The Hall–Kier alpha value is -1.42. The summed E-state index contributed by atoms with van der Waals surface area (Å²) in [7, 11) is 0. The van der Waals surface area contributed by atoms with Crippen molar-refractivity contribution < 1.29 is 14.3 Å². The Labute approximate surface area is 99.7 Å². The maximum atomic E-state index is 13.5. The summed E-state index contributed by atoms with van der Waals surface area (Å²) in [6, 6.07) is 2.68. The lowest BCUT2D eigenvalue weighted by molar-refractivity contribution is -0.117. The summed E-state index contributed by atoms with van der Waals surface area (Å²) >= 11 is 0. The molecule has 1 aliphatic heterocycles. The molecule has 1 heterocycles. The van der Waals surface area contributed by atoms with Gasteiger partial charge in [0.05, 0.1) is 17.7 Å². The normalized spacial score (nSPS) is 20.0. The molecule has 0 radical (unpaired) electrons. The molecule has 0 aromatic heterocycles. The van der Waals surface area contributed by atoms with Gasteiger partial charge in [-0.3, -0.25) is 4.79 Å². The number of fused-ring (bicyclic) bond motifs is 1. The Balaban J connectivity index is 2.55. The van der Waals surface area contributed by atoms with Crippen molar-refractivity contribution in [3.05, 3.63) is 29.1 Å². The molecule has 2 unspecified atom stereocenters. The minimum Gasteiger partial charge on any atom is -0.388 e. The fraction of sp³-hybridized carbons (Fsp3) is 0.462. The van der Waals surface area contributed by atoms with Crippen LogP contribution in [0.5, 0.6) is 0 Å². The molecule has 0 saturated carbocycles.